The predicted molar refractivity (Wildman–Crippen MR) is 169 cm³/mol. The van der Waals surface area contributed by atoms with Crippen molar-refractivity contribution in [3.8, 4) is 6.07 Å². The first-order valence-electron chi connectivity index (χ1n) is 15.6. The van der Waals surface area contributed by atoms with Gasteiger partial charge in [-0.1, -0.05) is 24.3 Å². The highest BCUT2D eigenvalue weighted by atomic mass is 19.4. The van der Waals surface area contributed by atoms with Crippen molar-refractivity contribution < 1.29 is 45.4 Å². The highest BCUT2D eigenvalue weighted by Crippen LogP contribution is 2.31. The van der Waals surface area contributed by atoms with E-state index in [2.05, 4.69) is 20.9 Å². The summed E-state index contributed by atoms with van der Waals surface area (Å²) >= 11 is 0. The Morgan fingerprint density at radius 1 is 0.800 bits per heavy atom. The molecule has 16 heteroatoms. The zero-order valence-electron chi connectivity index (χ0n) is 27.3. The van der Waals surface area contributed by atoms with Crippen molar-refractivity contribution >= 4 is 17.8 Å². The summed E-state index contributed by atoms with van der Waals surface area (Å²) < 4.78 is 85.7. The molecule has 2 aliphatic heterocycles. The number of nitrogens with one attached hydrogen (secondary N) is 3. The average Bonchev–Trinajstić information content (AvgIpc) is 3.04. The second-order valence-corrected chi connectivity index (χ2v) is 11.7. The van der Waals surface area contributed by atoms with E-state index in [1.807, 2.05) is 11.0 Å². The van der Waals surface area contributed by atoms with Gasteiger partial charge in [0.1, 0.15) is 17.4 Å². The third-order valence-corrected chi connectivity index (χ3v) is 8.13. The number of benzene rings is 2. The maximum atomic E-state index is 12.7. The molecule has 0 spiro atoms. The largest absolute Gasteiger partial charge is 0.465 e. The summed E-state index contributed by atoms with van der Waals surface area (Å²) in [4.78, 5) is 30.5. The molecule has 0 unspecified atom stereocenters. The number of rotatable bonds is 11. The van der Waals surface area contributed by atoms with Crippen LogP contribution in [0.2, 0.25) is 0 Å². The molecular weight excluding hydrogens is 670 g/mol. The van der Waals surface area contributed by atoms with Crippen LogP contribution in [-0.4, -0.2) is 67.4 Å². The number of nitriles is 1. The van der Waals surface area contributed by atoms with Gasteiger partial charge in [-0.25, -0.2) is 14.6 Å². The highest BCUT2D eigenvalue weighted by molar-refractivity contribution is 5.85. The summed E-state index contributed by atoms with van der Waals surface area (Å²) in [6.45, 7) is 5.97. The molecule has 0 amide bonds. The quantitative estimate of drug-likeness (QED) is 0.193. The molecule has 0 saturated carbocycles. The lowest BCUT2D eigenvalue weighted by Gasteiger charge is -2.49. The highest BCUT2D eigenvalue weighted by Gasteiger charge is 2.51. The van der Waals surface area contributed by atoms with Gasteiger partial charge in [0, 0.05) is 32.4 Å². The Morgan fingerprint density at radius 2 is 1.26 bits per heavy atom. The number of alkyl halides is 6. The van der Waals surface area contributed by atoms with Crippen LogP contribution in [0.1, 0.15) is 41.7 Å². The van der Waals surface area contributed by atoms with Gasteiger partial charge >= 0.3 is 24.3 Å². The Bertz CT molecular complexity index is 1630. The SMILES string of the molecule is CCOC(=O)C1(NCc2ccc(C(F)(F)F)cc2)CN(c2ccc(C#N)cn2)C1.CCOC(=O)C1(NCc2ccc(C(F)(F)F)cc2)CNC1. The monoisotopic (exact) mass is 706 g/mol. The van der Waals surface area contributed by atoms with Crippen LogP contribution >= 0.6 is 0 Å². The molecule has 0 bridgehead atoms. The second kappa shape index (κ2) is 15.9. The zero-order chi connectivity index (χ0) is 36.6. The van der Waals surface area contributed by atoms with E-state index in [1.54, 1.807) is 26.0 Å². The van der Waals surface area contributed by atoms with Gasteiger partial charge in [-0.15, -0.1) is 0 Å². The molecule has 5 rings (SSSR count). The smallest absolute Gasteiger partial charge is 0.416 e. The number of nitrogens with zero attached hydrogens (tertiary/aromatic N) is 3. The Labute approximate surface area is 284 Å². The number of anilines is 1. The van der Waals surface area contributed by atoms with Gasteiger partial charge in [-0.3, -0.25) is 10.6 Å². The summed E-state index contributed by atoms with van der Waals surface area (Å²) in [5, 5.41) is 18.1. The summed E-state index contributed by atoms with van der Waals surface area (Å²) in [6.07, 6.45) is -7.27. The number of hydrogen-bond acceptors (Lipinski definition) is 10. The van der Waals surface area contributed by atoms with Crippen LogP contribution in [0, 0.1) is 11.3 Å². The van der Waals surface area contributed by atoms with E-state index in [0.717, 1.165) is 24.3 Å². The lowest BCUT2D eigenvalue weighted by Crippen LogP contribution is -2.73. The summed E-state index contributed by atoms with van der Waals surface area (Å²) in [6, 6.07) is 15.0. The standard InChI is InChI=1S/C20H19F3N4O2.C14H17F3N2O2/c1-2-29-18(28)19(12-27(13-19)17-8-5-15(9-24)10-25-17)26-11-14-3-6-16(7-4-14)20(21,22)23;1-2-21-12(20)13(8-18-9-13)19-7-10-3-5-11(6-4-10)14(15,16)17/h3-8,10,26H,2,11-13H2,1H3;3-6,18-19H,2,7-9H2,1H3. The van der Waals surface area contributed by atoms with Crippen molar-refractivity contribution in [2.75, 3.05) is 44.3 Å². The van der Waals surface area contributed by atoms with E-state index in [0.29, 0.717) is 61.8 Å². The van der Waals surface area contributed by atoms with Crippen LogP contribution in [0.5, 0.6) is 0 Å². The summed E-state index contributed by atoms with van der Waals surface area (Å²) in [5.41, 5.74) is -1.42. The van der Waals surface area contributed by atoms with Gasteiger partial charge in [0.25, 0.3) is 0 Å². The first-order chi connectivity index (χ1) is 23.6. The maximum Gasteiger partial charge on any atom is 0.416 e. The molecule has 2 aliphatic rings. The Morgan fingerprint density at radius 3 is 1.62 bits per heavy atom. The number of halogens is 6. The first kappa shape index (κ1) is 38.1. The van der Waals surface area contributed by atoms with E-state index in [1.165, 1.54) is 30.5 Å². The van der Waals surface area contributed by atoms with Gasteiger partial charge in [-0.05, 0) is 61.4 Å². The number of pyridine rings is 1. The fourth-order valence-corrected chi connectivity index (χ4v) is 5.14. The number of aromatic nitrogens is 1. The lowest BCUT2D eigenvalue weighted by atomic mass is 9.89. The van der Waals surface area contributed by atoms with Gasteiger partial charge in [0.2, 0.25) is 0 Å². The molecule has 2 fully saturated rings. The number of hydrogen-bond donors (Lipinski definition) is 3. The van der Waals surface area contributed by atoms with Crippen LogP contribution < -0.4 is 20.9 Å². The zero-order valence-corrected chi connectivity index (χ0v) is 27.3. The topological polar surface area (TPSA) is 129 Å². The van der Waals surface area contributed by atoms with Crippen molar-refractivity contribution in [3.05, 3.63) is 94.7 Å². The minimum absolute atomic E-state index is 0.214. The lowest BCUT2D eigenvalue weighted by molar-refractivity contribution is -0.154. The van der Waals surface area contributed by atoms with Crippen molar-refractivity contribution in [3.63, 3.8) is 0 Å². The van der Waals surface area contributed by atoms with Crippen molar-refractivity contribution in [1.82, 2.24) is 20.9 Å². The van der Waals surface area contributed by atoms with Gasteiger partial charge in [-0.2, -0.15) is 31.6 Å². The summed E-state index contributed by atoms with van der Waals surface area (Å²) in [7, 11) is 0. The van der Waals surface area contributed by atoms with Gasteiger partial charge < -0.3 is 19.7 Å². The minimum Gasteiger partial charge on any atom is -0.465 e. The maximum absolute atomic E-state index is 12.7. The number of carbonyl (C=O) groups is 2. The third-order valence-electron chi connectivity index (χ3n) is 8.13. The number of ether oxygens (including phenoxy) is 2. The average molecular weight is 707 g/mol. The number of esters is 2. The molecule has 50 heavy (non-hydrogen) atoms. The van der Waals surface area contributed by atoms with E-state index in [-0.39, 0.29) is 19.1 Å². The molecule has 0 atom stereocenters. The van der Waals surface area contributed by atoms with Crippen molar-refractivity contribution in [2.45, 2.75) is 50.4 Å². The normalized spacial score (nSPS) is 16.1. The van der Waals surface area contributed by atoms with Crippen LogP contribution in [0.25, 0.3) is 0 Å². The molecule has 0 radical (unpaired) electrons. The molecule has 3 aromatic rings. The molecule has 10 nitrogen and oxygen atoms in total. The van der Waals surface area contributed by atoms with Gasteiger partial charge in [0.15, 0.2) is 5.54 Å². The minimum atomic E-state index is -4.39. The fourth-order valence-electron chi connectivity index (χ4n) is 5.14. The third kappa shape index (κ3) is 9.29. The van der Waals surface area contributed by atoms with Crippen molar-refractivity contribution in [2.24, 2.45) is 0 Å². The molecule has 0 aliphatic carbocycles. The molecule has 2 saturated heterocycles. The Hall–Kier alpha value is -4.72. The van der Waals surface area contributed by atoms with E-state index in [4.69, 9.17) is 14.7 Å². The van der Waals surface area contributed by atoms with Crippen LogP contribution in [0.15, 0.2) is 66.9 Å². The van der Waals surface area contributed by atoms with Crippen molar-refractivity contribution in [1.29, 1.82) is 5.26 Å². The molecular formula is C34H36F6N6O4. The fraction of sp³-hybridized carbons (Fsp3) is 0.412. The molecule has 3 N–H and O–H groups in total. The molecule has 2 aromatic carbocycles. The Kier molecular flexibility index (Phi) is 12.1. The van der Waals surface area contributed by atoms with Crippen LogP contribution in [-0.2, 0) is 44.5 Å². The van der Waals surface area contributed by atoms with E-state index >= 15 is 0 Å². The van der Waals surface area contributed by atoms with E-state index < -0.39 is 40.5 Å². The van der Waals surface area contributed by atoms with Gasteiger partial charge in [0.05, 0.1) is 43.0 Å². The second-order valence-electron chi connectivity index (χ2n) is 11.7. The summed E-state index contributed by atoms with van der Waals surface area (Å²) in [5.74, 6) is -0.132. The molecule has 1 aromatic heterocycles. The Balaban J connectivity index is 0.000000237. The molecule has 268 valence electrons. The number of carbonyl (C=O) groups excluding carboxylic acids is 2. The van der Waals surface area contributed by atoms with Crippen LogP contribution in [0.4, 0.5) is 32.2 Å². The predicted octanol–water partition coefficient (Wildman–Crippen LogP) is 4.58. The first-order valence-corrected chi connectivity index (χ1v) is 15.6. The molecule has 3 heterocycles. The van der Waals surface area contributed by atoms with E-state index in [9.17, 15) is 35.9 Å². The van der Waals surface area contributed by atoms with Crippen LogP contribution in [0.3, 0.4) is 0 Å².